The zero-order valence-electron chi connectivity index (χ0n) is 20.8. The number of aryl methyl sites for hydroxylation is 2. The van der Waals surface area contributed by atoms with Crippen LogP contribution in [0.5, 0.6) is 0 Å². The number of anilines is 3. The molecule has 0 amide bonds. The first-order valence-electron chi connectivity index (χ1n) is 12.5. The molecule has 184 valence electrons. The highest BCUT2D eigenvalue weighted by atomic mass is 15.4. The van der Waals surface area contributed by atoms with Crippen molar-refractivity contribution >= 4 is 34.1 Å². The summed E-state index contributed by atoms with van der Waals surface area (Å²) < 4.78 is 6.04. The molecule has 36 heavy (non-hydrogen) atoms. The van der Waals surface area contributed by atoms with Crippen molar-refractivity contribution in [2.75, 3.05) is 43.4 Å². The van der Waals surface area contributed by atoms with E-state index < -0.39 is 0 Å². The normalized spacial score (nSPS) is 16.9. The Bertz CT molecular complexity index is 1580. The number of aromatic nitrogens is 8. The van der Waals surface area contributed by atoms with Crippen molar-refractivity contribution in [2.24, 2.45) is 7.05 Å². The van der Waals surface area contributed by atoms with Crippen molar-refractivity contribution in [3.63, 3.8) is 0 Å². The molecule has 1 saturated heterocycles. The molecule has 1 aliphatic carbocycles. The fraction of sp³-hybridized carbons (Fsp3) is 0.400. The van der Waals surface area contributed by atoms with E-state index >= 15 is 0 Å². The molecule has 0 atom stereocenters. The van der Waals surface area contributed by atoms with Gasteiger partial charge in [0.25, 0.3) is 0 Å². The van der Waals surface area contributed by atoms with E-state index in [1.807, 2.05) is 30.2 Å². The van der Waals surface area contributed by atoms with E-state index in [4.69, 9.17) is 20.1 Å². The Labute approximate surface area is 208 Å². The maximum absolute atomic E-state index is 5.02. The molecule has 5 aromatic rings. The van der Waals surface area contributed by atoms with Crippen LogP contribution in [-0.4, -0.2) is 77.0 Å². The lowest BCUT2D eigenvalue weighted by atomic mass is 10.1. The van der Waals surface area contributed by atoms with Crippen LogP contribution in [0.25, 0.3) is 27.8 Å². The van der Waals surface area contributed by atoms with Crippen molar-refractivity contribution in [1.29, 1.82) is 0 Å². The van der Waals surface area contributed by atoms with Gasteiger partial charge in [-0.25, -0.2) is 14.5 Å². The van der Waals surface area contributed by atoms with Gasteiger partial charge >= 0.3 is 0 Å². The monoisotopic (exact) mass is 483 g/mol. The Hall–Kier alpha value is -3.99. The summed E-state index contributed by atoms with van der Waals surface area (Å²) in [6, 6.07) is 4.89. The molecule has 2 aliphatic rings. The summed E-state index contributed by atoms with van der Waals surface area (Å²) in [5, 5.41) is 12.4. The molecule has 0 spiro atoms. The number of nitrogens with one attached hydrogen (secondary N) is 1. The third-order valence-electron chi connectivity index (χ3n) is 7.20. The molecule has 0 aromatic carbocycles. The maximum Gasteiger partial charge on any atom is 0.247 e. The Morgan fingerprint density at radius 3 is 2.61 bits per heavy atom. The summed E-state index contributed by atoms with van der Waals surface area (Å²) >= 11 is 0. The van der Waals surface area contributed by atoms with Crippen molar-refractivity contribution in [1.82, 2.24) is 43.8 Å². The lowest BCUT2D eigenvalue weighted by molar-refractivity contribution is 0.312. The highest BCUT2D eigenvalue weighted by Crippen LogP contribution is 2.40. The minimum atomic E-state index is 0.544. The Balaban J connectivity index is 1.37. The molecule has 11 nitrogen and oxygen atoms in total. The zero-order valence-corrected chi connectivity index (χ0v) is 20.8. The van der Waals surface area contributed by atoms with Gasteiger partial charge in [-0.2, -0.15) is 10.1 Å². The van der Waals surface area contributed by atoms with Crippen LogP contribution in [0.15, 0.2) is 36.9 Å². The third-order valence-corrected chi connectivity index (χ3v) is 7.20. The quantitative estimate of drug-likeness (QED) is 0.408. The first-order valence-corrected chi connectivity index (χ1v) is 12.5. The number of nitrogens with zero attached hydrogens (tertiary/aromatic N) is 10. The Kier molecular flexibility index (Phi) is 4.75. The number of pyridine rings is 1. The number of hydrogen-bond donors (Lipinski definition) is 1. The van der Waals surface area contributed by atoms with E-state index in [1.54, 1.807) is 10.9 Å². The molecule has 0 unspecified atom stereocenters. The van der Waals surface area contributed by atoms with Gasteiger partial charge in [0, 0.05) is 69.0 Å². The minimum Gasteiger partial charge on any atom is -0.352 e. The van der Waals surface area contributed by atoms with Gasteiger partial charge in [-0.15, -0.1) is 5.10 Å². The number of fused-ring (bicyclic) bond motifs is 2. The lowest BCUT2D eigenvalue weighted by Crippen LogP contribution is -2.45. The molecule has 6 heterocycles. The number of imidazole rings is 1. The number of piperazine rings is 1. The summed E-state index contributed by atoms with van der Waals surface area (Å²) in [6.45, 7) is 5.87. The van der Waals surface area contributed by atoms with Crippen LogP contribution in [0, 0.1) is 6.92 Å². The summed E-state index contributed by atoms with van der Waals surface area (Å²) in [4.78, 5) is 19.2. The van der Waals surface area contributed by atoms with Crippen molar-refractivity contribution in [3.8, 4) is 11.1 Å². The molecule has 5 aromatic heterocycles. The highest BCUT2D eigenvalue weighted by molar-refractivity contribution is 5.91. The van der Waals surface area contributed by atoms with E-state index in [0.29, 0.717) is 12.0 Å². The molecule has 1 aliphatic heterocycles. The molecule has 1 saturated carbocycles. The number of likely N-dealkylation sites (N-methyl/N-ethyl adjacent to an activating group) is 1. The van der Waals surface area contributed by atoms with E-state index in [0.717, 1.165) is 71.3 Å². The number of rotatable bonds is 5. The second-order valence-corrected chi connectivity index (χ2v) is 9.93. The second kappa shape index (κ2) is 8.02. The lowest BCUT2D eigenvalue weighted by Gasteiger charge is -2.33. The molecule has 1 N–H and O–H groups in total. The molecular weight excluding hydrogens is 454 g/mol. The van der Waals surface area contributed by atoms with Crippen molar-refractivity contribution in [2.45, 2.75) is 25.8 Å². The molecule has 2 fully saturated rings. The third kappa shape index (κ3) is 3.58. The van der Waals surface area contributed by atoms with Crippen LogP contribution in [0.1, 0.15) is 24.7 Å². The van der Waals surface area contributed by atoms with Crippen LogP contribution in [0.2, 0.25) is 0 Å². The SMILES string of the molecule is Cc1nc2ncc(-c3ccn4nc(Nc5cnn(C)c5)nc(N5CCN(C)CC5)c34)cc2n1C1CC1. The van der Waals surface area contributed by atoms with E-state index in [2.05, 4.69) is 50.9 Å². The van der Waals surface area contributed by atoms with Gasteiger partial charge in [-0.3, -0.25) is 4.68 Å². The molecule has 0 bridgehead atoms. The first-order chi connectivity index (χ1) is 17.5. The molecule has 0 radical (unpaired) electrons. The highest BCUT2D eigenvalue weighted by Gasteiger charge is 2.28. The van der Waals surface area contributed by atoms with Crippen molar-refractivity contribution in [3.05, 3.63) is 42.7 Å². The summed E-state index contributed by atoms with van der Waals surface area (Å²) in [5.74, 6) is 2.51. The van der Waals surface area contributed by atoms with Crippen LogP contribution >= 0.6 is 0 Å². The minimum absolute atomic E-state index is 0.544. The molecule has 11 heteroatoms. The van der Waals surface area contributed by atoms with E-state index in [-0.39, 0.29) is 0 Å². The second-order valence-electron chi connectivity index (χ2n) is 9.93. The fourth-order valence-electron chi connectivity index (χ4n) is 5.18. The Morgan fingerprint density at radius 1 is 1.03 bits per heavy atom. The van der Waals surface area contributed by atoms with Crippen LogP contribution in [0.3, 0.4) is 0 Å². The fourth-order valence-corrected chi connectivity index (χ4v) is 5.18. The van der Waals surface area contributed by atoms with E-state index in [9.17, 15) is 0 Å². The van der Waals surface area contributed by atoms with Crippen LogP contribution < -0.4 is 10.2 Å². The van der Waals surface area contributed by atoms with Gasteiger partial charge in [-0.05, 0) is 38.9 Å². The first kappa shape index (κ1) is 21.3. The van der Waals surface area contributed by atoms with Gasteiger partial charge in [0.15, 0.2) is 11.5 Å². The van der Waals surface area contributed by atoms with Crippen LogP contribution in [0.4, 0.5) is 17.5 Å². The average molecular weight is 484 g/mol. The summed E-state index contributed by atoms with van der Waals surface area (Å²) in [5.41, 5.74) is 5.89. The standard InChI is InChI=1S/C25H29N11/c1-16-28-23-21(36(16)19-4-5-19)12-17(13-26-23)20-6-7-35-22(20)24(34-10-8-32(2)9-11-34)30-25(31-35)29-18-14-27-33(3)15-18/h6-7,12-15,19H,4-5,8-11H2,1-3H3,(H,29,31). The molecular formula is C25H29N11. The van der Waals surface area contributed by atoms with Gasteiger partial charge in [-0.1, -0.05) is 0 Å². The van der Waals surface area contributed by atoms with Gasteiger partial charge in [0.05, 0.1) is 17.4 Å². The average Bonchev–Trinajstić information content (AvgIpc) is 3.32. The topological polar surface area (TPSA) is 97.2 Å². The maximum atomic E-state index is 5.02. The largest absolute Gasteiger partial charge is 0.352 e. The van der Waals surface area contributed by atoms with Crippen LogP contribution in [-0.2, 0) is 7.05 Å². The zero-order chi connectivity index (χ0) is 24.4. The Morgan fingerprint density at radius 2 is 1.86 bits per heavy atom. The molecule has 7 rings (SSSR count). The van der Waals surface area contributed by atoms with Crippen molar-refractivity contribution < 1.29 is 0 Å². The smallest absolute Gasteiger partial charge is 0.247 e. The summed E-state index contributed by atoms with van der Waals surface area (Å²) in [6.07, 6.45) is 10.0. The predicted molar refractivity (Wildman–Crippen MR) is 139 cm³/mol. The summed E-state index contributed by atoms with van der Waals surface area (Å²) in [7, 11) is 4.06. The van der Waals surface area contributed by atoms with E-state index in [1.165, 1.54) is 12.8 Å². The van der Waals surface area contributed by atoms with Gasteiger partial charge in [0.2, 0.25) is 5.95 Å². The number of hydrogen-bond acceptors (Lipinski definition) is 8. The van der Waals surface area contributed by atoms with Gasteiger partial charge in [0.1, 0.15) is 11.3 Å². The predicted octanol–water partition coefficient (Wildman–Crippen LogP) is 3.01. The van der Waals surface area contributed by atoms with Gasteiger partial charge < -0.3 is 19.7 Å².